The standard InChI is InChI=1S/C79H137NO18/c1-3-5-7-9-11-13-15-17-19-21-22-23-24-25-26-27-28-29-30-31-32-33-34-35-36-37-38-39-40-41-43-45-47-49-51-53-55-57-67(85)80-62(63(84)56-54-52-50-48-46-44-42-20-18-16-14-12-10-8-6-4-2)61-93-77-73(91)70(88)75(65(59-82)95-77)98-79-74(92)71(89)76(66(60-83)96-79)97-78-72(90)69(87)68(86)64(58-81)94-78/h5,7,11,13,17,19,22-23,25-26,28-29,46,48,54,56,62-66,68-79,81-84,86-92H,3-4,6,8-10,12,14-16,18,20-21,24,27,30-45,47,49-53,55,57-61H2,1-2H3,(H,80,85)/b7-5-,13-11-,19-17-,23-22-,26-25-,29-28-,48-46+,56-54+. The van der Waals surface area contributed by atoms with Crippen LogP contribution in [0, 0.1) is 0 Å². The average Bonchev–Trinajstić information content (AvgIpc) is 0.784. The second-order valence-electron chi connectivity index (χ2n) is 27.1. The van der Waals surface area contributed by atoms with E-state index in [0.29, 0.717) is 12.8 Å². The van der Waals surface area contributed by atoms with Crippen molar-refractivity contribution in [3.63, 3.8) is 0 Å². The molecule has 3 rings (SSSR count). The molecule has 3 heterocycles. The molecule has 1 amide bonds. The van der Waals surface area contributed by atoms with Gasteiger partial charge < -0.3 is 89.9 Å². The smallest absolute Gasteiger partial charge is 0.220 e. The van der Waals surface area contributed by atoms with Crippen LogP contribution in [0.25, 0.3) is 0 Å². The zero-order valence-electron chi connectivity index (χ0n) is 60.2. The molecule has 0 saturated carbocycles. The lowest BCUT2D eigenvalue weighted by Crippen LogP contribution is -2.66. The molecule has 17 atom stereocenters. The molecule has 98 heavy (non-hydrogen) atoms. The van der Waals surface area contributed by atoms with Crippen LogP contribution in [0.1, 0.15) is 264 Å². The Morgan fingerprint density at radius 1 is 0.378 bits per heavy atom. The highest BCUT2D eigenvalue weighted by atomic mass is 16.8. The van der Waals surface area contributed by atoms with Crippen LogP contribution in [0.5, 0.6) is 0 Å². The van der Waals surface area contributed by atoms with E-state index in [1.54, 1.807) is 6.08 Å². The Hall–Kier alpha value is -3.29. The molecule has 0 radical (unpaired) electrons. The van der Waals surface area contributed by atoms with Crippen LogP contribution < -0.4 is 5.32 Å². The Kier molecular flexibility index (Phi) is 53.7. The Labute approximate surface area is 590 Å². The maximum absolute atomic E-state index is 13.4. The Morgan fingerprint density at radius 2 is 0.714 bits per heavy atom. The van der Waals surface area contributed by atoms with Crippen molar-refractivity contribution >= 4 is 5.91 Å². The molecule has 12 N–H and O–H groups in total. The van der Waals surface area contributed by atoms with Gasteiger partial charge in [-0.3, -0.25) is 4.79 Å². The molecule has 17 unspecified atom stereocenters. The molecule has 0 bridgehead atoms. The van der Waals surface area contributed by atoms with E-state index in [4.69, 9.17) is 28.4 Å². The van der Waals surface area contributed by atoms with Gasteiger partial charge in [-0.2, -0.15) is 0 Å². The number of rotatable bonds is 59. The fourth-order valence-corrected chi connectivity index (χ4v) is 12.4. The van der Waals surface area contributed by atoms with Crippen molar-refractivity contribution in [2.75, 3.05) is 26.4 Å². The van der Waals surface area contributed by atoms with E-state index in [1.807, 2.05) is 6.08 Å². The lowest BCUT2D eigenvalue weighted by Gasteiger charge is -2.48. The van der Waals surface area contributed by atoms with Crippen LogP contribution in [0.3, 0.4) is 0 Å². The first-order chi connectivity index (χ1) is 47.8. The SMILES string of the molecule is CC/C=C\C/C=C\C/C=C\C/C=C\C/C=C\C/C=C\CCCCCCCCCCCCCCCCCCCCC(=O)NC(COC1OC(CO)C(OC2OC(CO)C(OC3OC(CO)C(O)C(O)C3O)C(O)C2O)C(O)C1O)C(O)/C=C/CC/C=C/CCCCCCCCCCCC. The van der Waals surface area contributed by atoms with Gasteiger partial charge >= 0.3 is 0 Å². The van der Waals surface area contributed by atoms with Gasteiger partial charge in [0.05, 0.1) is 38.6 Å². The Balaban J connectivity index is 1.34. The molecule has 0 spiro atoms. The molecular formula is C79H137NO18. The van der Waals surface area contributed by atoms with E-state index < -0.39 is 124 Å². The van der Waals surface area contributed by atoms with Crippen molar-refractivity contribution < 1.29 is 89.4 Å². The summed E-state index contributed by atoms with van der Waals surface area (Å²) in [5, 5.41) is 121. The lowest BCUT2D eigenvalue weighted by atomic mass is 9.96. The maximum Gasteiger partial charge on any atom is 0.220 e. The predicted octanol–water partition coefficient (Wildman–Crippen LogP) is 12.0. The van der Waals surface area contributed by atoms with Gasteiger partial charge in [0.1, 0.15) is 73.2 Å². The second-order valence-corrected chi connectivity index (χ2v) is 27.1. The van der Waals surface area contributed by atoms with E-state index in [2.05, 4.69) is 104 Å². The van der Waals surface area contributed by atoms with E-state index in [9.17, 15) is 61.0 Å². The van der Waals surface area contributed by atoms with E-state index in [0.717, 1.165) is 77.0 Å². The molecule has 0 aromatic carbocycles. The van der Waals surface area contributed by atoms with Crippen LogP contribution in [0.15, 0.2) is 97.2 Å². The third kappa shape index (κ3) is 39.4. The normalized spacial score (nSPS) is 27.3. The minimum absolute atomic E-state index is 0.233. The van der Waals surface area contributed by atoms with Gasteiger partial charge in [-0.1, -0.05) is 272 Å². The topological polar surface area (TPSA) is 307 Å². The van der Waals surface area contributed by atoms with Crippen LogP contribution in [0.2, 0.25) is 0 Å². The Morgan fingerprint density at radius 3 is 1.14 bits per heavy atom. The van der Waals surface area contributed by atoms with Crippen molar-refractivity contribution in [1.82, 2.24) is 5.32 Å². The van der Waals surface area contributed by atoms with Gasteiger partial charge in [0.25, 0.3) is 0 Å². The van der Waals surface area contributed by atoms with Crippen molar-refractivity contribution in [3.05, 3.63) is 97.2 Å². The molecule has 3 aliphatic heterocycles. The van der Waals surface area contributed by atoms with E-state index in [-0.39, 0.29) is 18.9 Å². The molecule has 0 aromatic heterocycles. The molecular weight excluding hydrogens is 1250 g/mol. The molecule has 3 fully saturated rings. The number of carbonyl (C=O) groups excluding carboxylic acids is 1. The van der Waals surface area contributed by atoms with Crippen LogP contribution >= 0.6 is 0 Å². The first-order valence-corrected chi connectivity index (χ1v) is 38.5. The minimum Gasteiger partial charge on any atom is -0.394 e. The van der Waals surface area contributed by atoms with Crippen LogP contribution in [0.4, 0.5) is 0 Å². The molecule has 3 aliphatic rings. The van der Waals surface area contributed by atoms with Crippen LogP contribution in [-0.2, 0) is 33.2 Å². The average molecular weight is 1390 g/mol. The summed E-state index contributed by atoms with van der Waals surface area (Å²) in [6.45, 7) is 1.60. The monoisotopic (exact) mass is 1390 g/mol. The fourth-order valence-electron chi connectivity index (χ4n) is 12.4. The van der Waals surface area contributed by atoms with Crippen molar-refractivity contribution in [3.8, 4) is 0 Å². The number of carbonyl (C=O) groups is 1. The summed E-state index contributed by atoms with van der Waals surface area (Å²) < 4.78 is 34.4. The molecule has 3 saturated heterocycles. The number of hydrogen-bond acceptors (Lipinski definition) is 18. The first-order valence-electron chi connectivity index (χ1n) is 38.5. The predicted molar refractivity (Wildman–Crippen MR) is 387 cm³/mol. The molecule has 0 aromatic rings. The molecule has 566 valence electrons. The molecule has 19 heteroatoms. The van der Waals surface area contributed by atoms with Gasteiger partial charge in [-0.25, -0.2) is 0 Å². The molecule has 0 aliphatic carbocycles. The summed E-state index contributed by atoms with van der Waals surface area (Å²) in [5.41, 5.74) is 0. The number of ether oxygens (including phenoxy) is 6. The number of aliphatic hydroxyl groups excluding tert-OH is 11. The highest BCUT2D eigenvalue weighted by molar-refractivity contribution is 5.76. The number of unbranched alkanes of at least 4 members (excludes halogenated alkanes) is 29. The number of allylic oxidation sites excluding steroid dienone is 15. The van der Waals surface area contributed by atoms with E-state index >= 15 is 0 Å². The summed E-state index contributed by atoms with van der Waals surface area (Å²) in [4.78, 5) is 13.4. The Bertz CT molecular complexity index is 2150. The summed E-state index contributed by atoms with van der Waals surface area (Å²) in [5.74, 6) is -0.286. The highest BCUT2D eigenvalue weighted by Crippen LogP contribution is 2.33. The van der Waals surface area contributed by atoms with Crippen molar-refractivity contribution in [1.29, 1.82) is 0 Å². The molecule has 19 nitrogen and oxygen atoms in total. The number of amides is 1. The minimum atomic E-state index is -1.98. The van der Waals surface area contributed by atoms with Gasteiger partial charge in [0.15, 0.2) is 18.9 Å². The highest BCUT2D eigenvalue weighted by Gasteiger charge is 2.53. The zero-order valence-corrected chi connectivity index (χ0v) is 60.2. The van der Waals surface area contributed by atoms with Crippen molar-refractivity contribution in [2.24, 2.45) is 0 Å². The van der Waals surface area contributed by atoms with Gasteiger partial charge in [0, 0.05) is 6.42 Å². The zero-order chi connectivity index (χ0) is 71.1. The first kappa shape index (κ1) is 88.9. The second kappa shape index (κ2) is 59.1. The summed E-state index contributed by atoms with van der Waals surface area (Å²) in [6.07, 6.45) is 52.6. The van der Waals surface area contributed by atoms with Gasteiger partial charge in [-0.15, -0.1) is 0 Å². The quantitative estimate of drug-likeness (QED) is 0.0199. The lowest BCUT2D eigenvalue weighted by molar-refractivity contribution is -0.379. The number of aliphatic hydroxyl groups is 11. The number of nitrogens with one attached hydrogen (secondary N) is 1. The van der Waals surface area contributed by atoms with E-state index in [1.165, 1.54) is 154 Å². The fraction of sp³-hybridized carbons (Fsp3) is 0.785. The summed E-state index contributed by atoms with van der Waals surface area (Å²) in [6, 6.07) is -0.994. The van der Waals surface area contributed by atoms with Crippen molar-refractivity contribution in [2.45, 2.75) is 369 Å². The van der Waals surface area contributed by atoms with Gasteiger partial charge in [-0.05, 0) is 83.5 Å². The number of hydrogen-bond donors (Lipinski definition) is 12. The summed E-state index contributed by atoms with van der Waals surface area (Å²) >= 11 is 0. The largest absolute Gasteiger partial charge is 0.394 e. The third-order valence-corrected chi connectivity index (χ3v) is 18.6. The maximum atomic E-state index is 13.4. The third-order valence-electron chi connectivity index (χ3n) is 18.6. The van der Waals surface area contributed by atoms with Crippen LogP contribution in [-0.4, -0.2) is 193 Å². The summed E-state index contributed by atoms with van der Waals surface area (Å²) in [7, 11) is 0. The van der Waals surface area contributed by atoms with Gasteiger partial charge in [0.2, 0.25) is 5.91 Å².